The summed E-state index contributed by atoms with van der Waals surface area (Å²) in [6.45, 7) is 4.65. The largest absolute Gasteiger partial charge is 0.481 e. The molecule has 0 bridgehead atoms. The van der Waals surface area contributed by atoms with Crippen LogP contribution in [0.5, 0.6) is 0 Å². The summed E-state index contributed by atoms with van der Waals surface area (Å²) >= 11 is 0. The first-order valence-corrected chi connectivity index (χ1v) is 11.0. The molecule has 2 aliphatic rings. The Balaban J connectivity index is 1.44. The lowest BCUT2D eigenvalue weighted by Gasteiger charge is -2.27. The van der Waals surface area contributed by atoms with Gasteiger partial charge in [-0.15, -0.1) is 0 Å². The van der Waals surface area contributed by atoms with E-state index in [1.54, 1.807) is 4.90 Å². The van der Waals surface area contributed by atoms with Gasteiger partial charge in [0.2, 0.25) is 5.91 Å². The maximum Gasteiger partial charge on any atom is 0.407 e. The summed E-state index contributed by atoms with van der Waals surface area (Å²) in [6.07, 6.45) is -0.414. The van der Waals surface area contributed by atoms with Gasteiger partial charge in [-0.3, -0.25) is 9.59 Å². The van der Waals surface area contributed by atoms with E-state index in [-0.39, 0.29) is 24.5 Å². The van der Waals surface area contributed by atoms with E-state index in [9.17, 15) is 19.5 Å². The number of nitrogens with zero attached hydrogens (tertiary/aromatic N) is 1. The van der Waals surface area contributed by atoms with E-state index >= 15 is 0 Å². The zero-order valence-electron chi connectivity index (χ0n) is 18.3. The van der Waals surface area contributed by atoms with Crippen LogP contribution in [-0.4, -0.2) is 53.2 Å². The number of hydrogen-bond donors (Lipinski definition) is 2. The second-order valence-electron chi connectivity index (χ2n) is 8.80. The van der Waals surface area contributed by atoms with Gasteiger partial charge in [0, 0.05) is 18.5 Å². The van der Waals surface area contributed by atoms with Crippen molar-refractivity contribution in [3.63, 3.8) is 0 Å². The van der Waals surface area contributed by atoms with Crippen molar-refractivity contribution >= 4 is 18.0 Å². The fourth-order valence-corrected chi connectivity index (χ4v) is 4.96. The van der Waals surface area contributed by atoms with E-state index in [0.717, 1.165) is 28.7 Å². The lowest BCUT2D eigenvalue weighted by molar-refractivity contribution is -0.142. The minimum Gasteiger partial charge on any atom is -0.481 e. The highest BCUT2D eigenvalue weighted by Crippen LogP contribution is 2.44. The summed E-state index contributed by atoms with van der Waals surface area (Å²) in [5, 5.41) is 11.8. The lowest BCUT2D eigenvalue weighted by atomic mass is 9.98. The van der Waals surface area contributed by atoms with E-state index in [0.29, 0.717) is 12.5 Å². The Labute approximate surface area is 187 Å². The molecule has 0 radical (unpaired) electrons. The minimum absolute atomic E-state index is 0.0121. The van der Waals surface area contributed by atoms with Gasteiger partial charge in [-0.25, -0.2) is 4.79 Å². The summed E-state index contributed by atoms with van der Waals surface area (Å²) in [6, 6.07) is 14.9. The van der Waals surface area contributed by atoms with Gasteiger partial charge >= 0.3 is 12.1 Å². The average molecular weight is 437 g/mol. The number of carboxylic acid groups (broad SMARTS) is 1. The van der Waals surface area contributed by atoms with Gasteiger partial charge in [-0.2, -0.15) is 0 Å². The number of hydrogen-bond acceptors (Lipinski definition) is 4. The molecule has 4 rings (SSSR count). The zero-order valence-corrected chi connectivity index (χ0v) is 18.3. The predicted octanol–water partition coefficient (Wildman–Crippen LogP) is 3.63. The predicted molar refractivity (Wildman–Crippen MR) is 119 cm³/mol. The standard InChI is InChI=1S/C25H28N2O5/c1-15-11-16(2)27(13-15)24(30)22(12-23(28)29)26-25(31)32-14-21-19-9-5-3-7-17(19)18-8-4-6-10-20(18)21/h3-10,15-16,21-22H,11-14H2,1-2H3,(H,26,31)(H,28,29). The van der Waals surface area contributed by atoms with Crippen molar-refractivity contribution in [2.24, 2.45) is 5.92 Å². The SMILES string of the molecule is CC1CC(C)N(C(=O)C(CC(=O)O)NC(=O)OCC2c3ccccc3-c3ccccc32)C1. The first kappa shape index (κ1) is 21.9. The normalized spacial score (nSPS) is 20.4. The Morgan fingerprint density at radius 3 is 2.19 bits per heavy atom. The average Bonchev–Trinajstić information content (AvgIpc) is 3.27. The van der Waals surface area contributed by atoms with Crippen molar-refractivity contribution in [1.29, 1.82) is 0 Å². The molecule has 2 aromatic rings. The molecule has 168 valence electrons. The quantitative estimate of drug-likeness (QED) is 0.721. The maximum atomic E-state index is 13.0. The highest BCUT2D eigenvalue weighted by Gasteiger charge is 2.36. The molecule has 1 fully saturated rings. The maximum absolute atomic E-state index is 13.0. The summed E-state index contributed by atoms with van der Waals surface area (Å²) in [4.78, 5) is 38.5. The molecular weight excluding hydrogens is 408 g/mol. The number of amides is 2. The summed E-state index contributed by atoms with van der Waals surface area (Å²) in [5.74, 6) is -1.30. The van der Waals surface area contributed by atoms with Crippen molar-refractivity contribution in [2.45, 2.75) is 44.7 Å². The van der Waals surface area contributed by atoms with Crippen LogP contribution >= 0.6 is 0 Å². The molecule has 3 atom stereocenters. The second kappa shape index (κ2) is 9.02. The van der Waals surface area contributed by atoms with E-state index in [1.807, 2.05) is 55.5 Å². The molecule has 32 heavy (non-hydrogen) atoms. The minimum atomic E-state index is -1.16. The number of likely N-dealkylation sites (tertiary alicyclic amines) is 1. The number of fused-ring (bicyclic) bond motifs is 3. The first-order valence-electron chi connectivity index (χ1n) is 11.0. The van der Waals surface area contributed by atoms with Gasteiger partial charge in [0.25, 0.3) is 0 Å². The molecule has 1 aliphatic heterocycles. The van der Waals surface area contributed by atoms with Crippen LogP contribution < -0.4 is 5.32 Å². The Morgan fingerprint density at radius 2 is 1.66 bits per heavy atom. The first-order chi connectivity index (χ1) is 15.3. The highest BCUT2D eigenvalue weighted by atomic mass is 16.5. The third kappa shape index (κ3) is 4.33. The number of carbonyl (C=O) groups excluding carboxylic acids is 2. The number of aliphatic carboxylic acids is 1. The van der Waals surface area contributed by atoms with E-state index in [2.05, 4.69) is 12.2 Å². The van der Waals surface area contributed by atoms with Crippen molar-refractivity contribution in [3.8, 4) is 11.1 Å². The molecule has 1 aliphatic carbocycles. The molecule has 0 aromatic heterocycles. The monoisotopic (exact) mass is 436 g/mol. The topological polar surface area (TPSA) is 95.9 Å². The molecule has 0 saturated carbocycles. The van der Waals surface area contributed by atoms with Crippen LogP contribution in [0.2, 0.25) is 0 Å². The second-order valence-corrected chi connectivity index (χ2v) is 8.80. The van der Waals surface area contributed by atoms with E-state index in [1.165, 1.54) is 0 Å². The van der Waals surface area contributed by atoms with Crippen LogP contribution in [0.4, 0.5) is 4.79 Å². The molecule has 3 unspecified atom stereocenters. The molecule has 7 heteroatoms. The van der Waals surface area contributed by atoms with Crippen molar-refractivity contribution in [3.05, 3.63) is 59.7 Å². The smallest absolute Gasteiger partial charge is 0.407 e. The van der Waals surface area contributed by atoms with Gasteiger partial charge in [-0.05, 0) is 41.5 Å². The highest BCUT2D eigenvalue weighted by molar-refractivity contribution is 5.89. The Kier molecular flexibility index (Phi) is 6.17. The van der Waals surface area contributed by atoms with E-state index < -0.39 is 24.5 Å². The fraction of sp³-hybridized carbons (Fsp3) is 0.400. The Morgan fingerprint density at radius 1 is 1.06 bits per heavy atom. The molecule has 2 N–H and O–H groups in total. The molecule has 1 saturated heterocycles. The van der Waals surface area contributed by atoms with Crippen LogP contribution in [0, 0.1) is 5.92 Å². The zero-order chi connectivity index (χ0) is 22.8. The van der Waals surface area contributed by atoms with Crippen LogP contribution in [0.3, 0.4) is 0 Å². The van der Waals surface area contributed by atoms with Gasteiger partial charge < -0.3 is 20.1 Å². The Hall–Kier alpha value is -3.35. The summed E-state index contributed by atoms with van der Waals surface area (Å²) in [5.41, 5.74) is 4.40. The third-order valence-corrected chi connectivity index (χ3v) is 6.38. The van der Waals surface area contributed by atoms with Crippen molar-refractivity contribution < 1.29 is 24.2 Å². The Bertz CT molecular complexity index is 991. The number of carboxylic acids is 1. The lowest BCUT2D eigenvalue weighted by Crippen LogP contribution is -2.50. The number of rotatable bonds is 6. The molecule has 0 spiro atoms. The number of nitrogens with one attached hydrogen (secondary N) is 1. The van der Waals surface area contributed by atoms with E-state index in [4.69, 9.17) is 4.74 Å². The van der Waals surface area contributed by atoms with Crippen LogP contribution in [-0.2, 0) is 14.3 Å². The molecule has 1 heterocycles. The van der Waals surface area contributed by atoms with Crippen molar-refractivity contribution in [2.75, 3.05) is 13.2 Å². The fourth-order valence-electron chi connectivity index (χ4n) is 4.96. The van der Waals surface area contributed by atoms with Gasteiger partial charge in [0.05, 0.1) is 6.42 Å². The number of alkyl carbamates (subject to hydrolysis) is 1. The molecule has 2 amide bonds. The summed E-state index contributed by atoms with van der Waals surface area (Å²) < 4.78 is 5.50. The van der Waals surface area contributed by atoms with Gasteiger partial charge in [0.15, 0.2) is 0 Å². The molecule has 7 nitrogen and oxygen atoms in total. The molecular formula is C25H28N2O5. The van der Waals surface area contributed by atoms with Crippen molar-refractivity contribution in [1.82, 2.24) is 10.2 Å². The van der Waals surface area contributed by atoms with Gasteiger partial charge in [0.1, 0.15) is 12.6 Å². The third-order valence-electron chi connectivity index (χ3n) is 6.38. The van der Waals surface area contributed by atoms with Gasteiger partial charge in [-0.1, -0.05) is 55.5 Å². The van der Waals surface area contributed by atoms with Crippen LogP contribution in [0.15, 0.2) is 48.5 Å². The number of ether oxygens (including phenoxy) is 1. The molecule has 2 aromatic carbocycles. The van der Waals surface area contributed by atoms with Crippen LogP contribution in [0.25, 0.3) is 11.1 Å². The van der Waals surface area contributed by atoms with Crippen LogP contribution in [0.1, 0.15) is 43.7 Å². The summed E-state index contributed by atoms with van der Waals surface area (Å²) in [7, 11) is 0. The number of carbonyl (C=O) groups is 3. The number of benzene rings is 2.